The van der Waals surface area contributed by atoms with Gasteiger partial charge in [-0.05, 0) is 0 Å². The van der Waals surface area contributed by atoms with Crippen LogP contribution >= 0.6 is 0 Å². The van der Waals surface area contributed by atoms with Crippen molar-refractivity contribution in [1.82, 2.24) is 42.7 Å². The zero-order valence-corrected chi connectivity index (χ0v) is 11.5. The number of urea groups is 2. The molecule has 0 aromatic rings. The molecule has 2 aliphatic heterocycles. The van der Waals surface area contributed by atoms with E-state index in [1.807, 2.05) is 11.3 Å². The Morgan fingerprint density at radius 2 is 1.35 bits per heavy atom. The van der Waals surface area contributed by atoms with Gasteiger partial charge in [0.2, 0.25) is 12.7 Å². The van der Waals surface area contributed by atoms with Gasteiger partial charge in [-0.3, -0.25) is 10.6 Å². The number of hydroxylamine groups is 4. The number of amides is 4. The number of rotatable bonds is 6. The molecule has 2 saturated heterocycles. The summed E-state index contributed by atoms with van der Waals surface area (Å²) in [5.41, 5.74) is 3.98. The van der Waals surface area contributed by atoms with Crippen LogP contribution in [0.4, 0.5) is 9.59 Å². The van der Waals surface area contributed by atoms with Crippen LogP contribution in [-0.2, 0) is 19.6 Å². The second kappa shape index (κ2) is 8.69. The molecule has 0 bridgehead atoms. The van der Waals surface area contributed by atoms with E-state index in [0.717, 1.165) is 10.1 Å². The Labute approximate surface area is 128 Å². The second-order valence-electron chi connectivity index (χ2n) is 3.88. The lowest BCUT2D eigenvalue weighted by atomic mass is 10.7. The first-order valence-electron chi connectivity index (χ1n) is 6.13. The maximum atomic E-state index is 11.5. The number of carbonyl (C=O) groups is 2. The summed E-state index contributed by atoms with van der Waals surface area (Å²) >= 11 is 0. The number of carbonyl (C=O) groups excluding carboxylic acids is 2. The third-order valence-electron chi connectivity index (χ3n) is 2.44. The second-order valence-corrected chi connectivity index (χ2v) is 3.88. The first-order valence-corrected chi connectivity index (χ1v) is 6.13. The number of nitrogens with one attached hydrogen (secondary N) is 6. The van der Waals surface area contributed by atoms with Gasteiger partial charge in [-0.2, -0.15) is 9.88 Å². The molecule has 2 aliphatic rings. The highest BCUT2D eigenvalue weighted by molar-refractivity contribution is 5.76. The number of aliphatic hydroxyl groups excluding tert-OH is 2. The fourth-order valence-electron chi connectivity index (χ4n) is 1.38. The highest BCUT2D eigenvalue weighted by atomic mass is 17.1. The smallest absolute Gasteiger partial charge is 0.319 e. The van der Waals surface area contributed by atoms with Crippen LogP contribution in [0.15, 0.2) is 0 Å². The van der Waals surface area contributed by atoms with E-state index in [1.165, 1.54) is 0 Å². The van der Waals surface area contributed by atoms with Crippen LogP contribution in [0.3, 0.4) is 0 Å². The molecule has 2 unspecified atom stereocenters. The summed E-state index contributed by atoms with van der Waals surface area (Å²) in [6.07, 6.45) is -2.11. The van der Waals surface area contributed by atoms with E-state index in [1.54, 1.807) is 0 Å². The minimum absolute atomic E-state index is 0.238. The van der Waals surface area contributed by atoms with Crippen LogP contribution in [0.25, 0.3) is 0 Å². The average molecular weight is 340 g/mol. The largest absolute Gasteiger partial charge is 0.379 e. The Morgan fingerprint density at radius 3 is 1.74 bits per heavy atom. The number of hydrogen-bond acceptors (Lipinski definition) is 12. The number of aliphatic hydroxyl groups is 2. The molecule has 132 valence electrons. The van der Waals surface area contributed by atoms with Crippen LogP contribution in [-0.4, -0.2) is 65.2 Å². The lowest BCUT2D eigenvalue weighted by Gasteiger charge is -2.18. The van der Waals surface area contributed by atoms with Gasteiger partial charge in [0.15, 0.2) is 0 Å². The third-order valence-corrected chi connectivity index (χ3v) is 2.44. The van der Waals surface area contributed by atoms with Crippen molar-refractivity contribution >= 4 is 12.1 Å². The maximum absolute atomic E-state index is 11.5. The van der Waals surface area contributed by atoms with Crippen molar-refractivity contribution in [2.45, 2.75) is 12.7 Å². The molecule has 23 heavy (non-hydrogen) atoms. The van der Waals surface area contributed by atoms with Crippen molar-refractivity contribution in [1.29, 1.82) is 0 Å². The first kappa shape index (κ1) is 17.5. The van der Waals surface area contributed by atoms with Crippen molar-refractivity contribution in [3.63, 3.8) is 0 Å². The van der Waals surface area contributed by atoms with Crippen LogP contribution < -0.4 is 32.6 Å². The van der Waals surface area contributed by atoms with Gasteiger partial charge in [-0.25, -0.2) is 19.3 Å². The lowest BCUT2D eigenvalue weighted by Crippen LogP contribution is -2.53. The molecular weight excluding hydrogens is 324 g/mol. The van der Waals surface area contributed by atoms with E-state index in [9.17, 15) is 9.59 Å². The van der Waals surface area contributed by atoms with Crippen LogP contribution in [0.5, 0.6) is 0 Å². The van der Waals surface area contributed by atoms with E-state index in [0.29, 0.717) is 0 Å². The highest BCUT2D eigenvalue weighted by Crippen LogP contribution is 2.03. The Bertz CT molecular complexity index is 378. The maximum Gasteiger partial charge on any atom is 0.319 e. The van der Waals surface area contributed by atoms with Gasteiger partial charge >= 0.3 is 12.1 Å². The summed E-state index contributed by atoms with van der Waals surface area (Å²) in [6.45, 7) is -1.30. The summed E-state index contributed by atoms with van der Waals surface area (Å²) in [6, 6.07) is -1.42. The van der Waals surface area contributed by atoms with Gasteiger partial charge in [-0.15, -0.1) is 0 Å². The Hall–Kier alpha value is -1.86. The molecule has 2 atom stereocenters. The molecular formula is C7H16N8O8. The van der Waals surface area contributed by atoms with Crippen molar-refractivity contribution in [3.8, 4) is 0 Å². The van der Waals surface area contributed by atoms with Crippen LogP contribution in [0, 0.1) is 0 Å². The summed E-state index contributed by atoms with van der Waals surface area (Å²) in [4.78, 5) is 41.7. The predicted octanol–water partition coefficient (Wildman–Crippen LogP) is -4.62. The van der Waals surface area contributed by atoms with E-state index >= 15 is 0 Å². The Morgan fingerprint density at radius 1 is 0.913 bits per heavy atom. The van der Waals surface area contributed by atoms with Gasteiger partial charge in [0.1, 0.15) is 13.5 Å². The molecule has 0 saturated carbocycles. The van der Waals surface area contributed by atoms with Crippen LogP contribution in [0.2, 0.25) is 0 Å². The third kappa shape index (κ3) is 5.07. The monoisotopic (exact) mass is 340 g/mol. The van der Waals surface area contributed by atoms with Crippen molar-refractivity contribution < 1.29 is 39.4 Å². The molecule has 0 aromatic heterocycles. The van der Waals surface area contributed by atoms with Gasteiger partial charge in [-0.1, -0.05) is 21.4 Å². The summed E-state index contributed by atoms with van der Waals surface area (Å²) in [5.74, 6) is 0. The summed E-state index contributed by atoms with van der Waals surface area (Å²) < 4.78 is 0. The fraction of sp³-hybridized carbons (Fsp3) is 0.714. The normalized spacial score (nSPS) is 25.3. The quantitative estimate of drug-likeness (QED) is 0.216. The molecule has 2 fully saturated rings. The van der Waals surface area contributed by atoms with E-state index in [2.05, 4.69) is 31.1 Å². The minimum Gasteiger partial charge on any atom is -0.379 e. The Kier molecular flexibility index (Phi) is 6.61. The average Bonchev–Trinajstić information content (AvgIpc) is 3.15. The molecule has 0 aliphatic carbocycles. The molecule has 2 heterocycles. The lowest BCUT2D eigenvalue weighted by molar-refractivity contribution is -0.215. The van der Waals surface area contributed by atoms with Gasteiger partial charge in [0, 0.05) is 0 Å². The molecule has 4 amide bonds. The van der Waals surface area contributed by atoms with Crippen molar-refractivity contribution in [3.05, 3.63) is 0 Å². The van der Waals surface area contributed by atoms with E-state index < -0.39 is 38.2 Å². The Balaban J connectivity index is 1.60. The van der Waals surface area contributed by atoms with Crippen LogP contribution in [0.1, 0.15) is 0 Å². The molecule has 16 heteroatoms. The molecule has 0 radical (unpaired) electrons. The minimum atomic E-state index is -1.05. The van der Waals surface area contributed by atoms with Gasteiger partial charge in [0.05, 0.1) is 6.67 Å². The van der Waals surface area contributed by atoms with E-state index in [4.69, 9.17) is 19.9 Å². The highest BCUT2D eigenvalue weighted by Gasteiger charge is 2.29. The van der Waals surface area contributed by atoms with Gasteiger partial charge < -0.3 is 20.8 Å². The van der Waals surface area contributed by atoms with Gasteiger partial charge in [0.25, 0.3) is 0 Å². The molecule has 0 spiro atoms. The molecule has 16 nitrogen and oxygen atoms in total. The zero-order chi connectivity index (χ0) is 16.7. The number of nitrogens with zero attached hydrogens (tertiary/aromatic N) is 2. The molecule has 2 rings (SSSR count). The van der Waals surface area contributed by atoms with Crippen molar-refractivity contribution in [2.75, 3.05) is 20.1 Å². The predicted molar refractivity (Wildman–Crippen MR) is 64.2 cm³/mol. The first-order chi connectivity index (χ1) is 11.1. The van der Waals surface area contributed by atoms with Crippen molar-refractivity contribution in [2.24, 2.45) is 0 Å². The molecule has 8 N–H and O–H groups in total. The molecule has 0 aromatic carbocycles. The fourth-order valence-corrected chi connectivity index (χ4v) is 1.38. The summed E-state index contributed by atoms with van der Waals surface area (Å²) in [5, 5.41) is 28.7. The topological polar surface area (TPSA) is 190 Å². The van der Waals surface area contributed by atoms with E-state index in [-0.39, 0.29) is 6.67 Å². The number of hydrogen-bond donors (Lipinski definition) is 8. The standard InChI is InChI=1S/C7H16N8O8/c16-2-14-6(20-12-22-14)10-4(18)8-1-9-5(19)11-7-15(3-17)23-13-21-7/h6-7,12-13,16-17H,1-3H2,(H2,8,10,18)(H2,9,11,19). The zero-order valence-electron chi connectivity index (χ0n) is 11.5. The summed E-state index contributed by atoms with van der Waals surface area (Å²) in [7, 11) is 0. The SMILES string of the molecule is O=C(NCNC(=O)NC1ONON1CO)NC1ONON1CO.